The number of nitrogens with one attached hydrogen (secondary N) is 1. The van der Waals surface area contributed by atoms with Crippen LogP contribution in [0.2, 0.25) is 0 Å². The Morgan fingerprint density at radius 2 is 1.59 bits per heavy atom. The quantitative estimate of drug-likeness (QED) is 0.845. The van der Waals surface area contributed by atoms with E-state index in [1.807, 2.05) is 23.1 Å². The number of halogens is 1. The zero-order chi connectivity index (χ0) is 19.1. The molecule has 0 radical (unpaired) electrons. The minimum Gasteiger partial charge on any atom is -0.366 e. The first-order valence-electron chi connectivity index (χ1n) is 8.83. The highest BCUT2D eigenvalue weighted by atomic mass is 19.1. The summed E-state index contributed by atoms with van der Waals surface area (Å²) in [5.74, 6) is -0.737. The maximum absolute atomic E-state index is 13.8. The molecule has 2 amide bonds. The van der Waals surface area contributed by atoms with Crippen molar-refractivity contribution in [2.24, 2.45) is 0 Å². The molecule has 1 fully saturated rings. The van der Waals surface area contributed by atoms with Crippen LogP contribution in [0.3, 0.4) is 0 Å². The van der Waals surface area contributed by atoms with Crippen LogP contribution >= 0.6 is 0 Å². The van der Waals surface area contributed by atoms with Crippen LogP contribution in [0.5, 0.6) is 0 Å². The van der Waals surface area contributed by atoms with Gasteiger partial charge in [0.2, 0.25) is 11.8 Å². The Labute approximate surface area is 157 Å². The average Bonchev–Trinajstić information content (AvgIpc) is 2.69. The lowest BCUT2D eigenvalue weighted by Gasteiger charge is -2.36. The summed E-state index contributed by atoms with van der Waals surface area (Å²) in [6.45, 7) is 1.76. The van der Waals surface area contributed by atoms with Gasteiger partial charge in [0.25, 0.3) is 0 Å². The van der Waals surface area contributed by atoms with Gasteiger partial charge in [-0.3, -0.25) is 9.59 Å². The number of hydrogen-bond donors (Lipinski definition) is 1. The summed E-state index contributed by atoms with van der Waals surface area (Å²) in [4.78, 5) is 27.6. The van der Waals surface area contributed by atoms with Gasteiger partial charge >= 0.3 is 0 Å². The smallest absolute Gasteiger partial charge is 0.250 e. The molecule has 0 atom stereocenters. The van der Waals surface area contributed by atoms with Crippen molar-refractivity contribution in [2.45, 2.75) is 0 Å². The molecular weight excluding hydrogens is 349 g/mol. The molecule has 2 aromatic carbocycles. The third-order valence-corrected chi connectivity index (χ3v) is 4.34. The fraction of sp³-hybridized carbons (Fsp3) is 0.300. The third-order valence-electron chi connectivity index (χ3n) is 4.34. The molecule has 27 heavy (non-hydrogen) atoms. The minimum absolute atomic E-state index is 0.151. The van der Waals surface area contributed by atoms with Gasteiger partial charge in [-0.25, -0.2) is 4.39 Å². The number of rotatable bonds is 6. The van der Waals surface area contributed by atoms with Gasteiger partial charge in [0.15, 0.2) is 0 Å². The van der Waals surface area contributed by atoms with E-state index in [2.05, 4.69) is 5.32 Å². The lowest BCUT2D eigenvalue weighted by molar-refractivity contribution is -0.137. The highest BCUT2D eigenvalue weighted by molar-refractivity contribution is 5.91. The fourth-order valence-corrected chi connectivity index (χ4v) is 2.95. The Morgan fingerprint density at radius 3 is 2.30 bits per heavy atom. The number of benzene rings is 2. The van der Waals surface area contributed by atoms with Crippen molar-refractivity contribution in [1.82, 2.24) is 4.90 Å². The molecule has 0 aromatic heterocycles. The predicted molar refractivity (Wildman–Crippen MR) is 101 cm³/mol. The number of nitrogens with zero attached hydrogens (tertiary/aromatic N) is 2. The molecule has 142 valence electrons. The van der Waals surface area contributed by atoms with Gasteiger partial charge in [-0.15, -0.1) is 0 Å². The van der Waals surface area contributed by atoms with E-state index in [0.717, 1.165) is 0 Å². The molecule has 1 heterocycles. The minimum atomic E-state index is -0.307. The summed E-state index contributed by atoms with van der Waals surface area (Å²) in [7, 11) is 0. The Kier molecular flexibility index (Phi) is 6.38. The van der Waals surface area contributed by atoms with E-state index >= 15 is 0 Å². The Morgan fingerprint density at radius 1 is 0.926 bits per heavy atom. The van der Waals surface area contributed by atoms with E-state index in [1.165, 1.54) is 6.07 Å². The molecule has 1 aliphatic rings. The van der Waals surface area contributed by atoms with Gasteiger partial charge < -0.3 is 19.9 Å². The Balaban J connectivity index is 1.38. The van der Waals surface area contributed by atoms with Crippen molar-refractivity contribution >= 4 is 23.2 Å². The molecule has 0 spiro atoms. The van der Waals surface area contributed by atoms with Crippen LogP contribution in [-0.4, -0.2) is 56.1 Å². The van der Waals surface area contributed by atoms with Crippen LogP contribution in [0, 0.1) is 5.82 Å². The summed E-state index contributed by atoms with van der Waals surface area (Å²) in [5, 5.41) is 2.69. The van der Waals surface area contributed by atoms with E-state index in [0.29, 0.717) is 37.6 Å². The number of ether oxygens (including phenoxy) is 1. The molecule has 0 saturated carbocycles. The third kappa shape index (κ3) is 5.27. The number of para-hydroxylation sites is 2. The van der Waals surface area contributed by atoms with Crippen LogP contribution in [0.4, 0.5) is 15.8 Å². The average molecular weight is 371 g/mol. The highest BCUT2D eigenvalue weighted by Gasteiger charge is 2.22. The first-order chi connectivity index (χ1) is 13.1. The molecule has 0 unspecified atom stereocenters. The standard InChI is InChI=1S/C20H22FN3O3/c21-17-8-4-5-9-18(17)23-10-12-24(13-11-23)20(26)15-27-14-19(25)22-16-6-2-1-3-7-16/h1-9H,10-15H2,(H,22,25). The largest absolute Gasteiger partial charge is 0.366 e. The van der Waals surface area contributed by atoms with Gasteiger partial charge in [0.1, 0.15) is 19.0 Å². The molecule has 7 heteroatoms. The number of piperazine rings is 1. The number of carbonyl (C=O) groups excluding carboxylic acids is 2. The molecule has 1 aliphatic heterocycles. The number of hydrogen-bond acceptors (Lipinski definition) is 4. The lowest BCUT2D eigenvalue weighted by Crippen LogP contribution is -2.50. The van der Waals surface area contributed by atoms with Gasteiger partial charge in [0.05, 0.1) is 5.69 Å². The van der Waals surface area contributed by atoms with Crippen molar-refractivity contribution in [1.29, 1.82) is 0 Å². The topological polar surface area (TPSA) is 61.9 Å². The second kappa shape index (κ2) is 9.14. The maximum Gasteiger partial charge on any atom is 0.250 e. The van der Waals surface area contributed by atoms with E-state index in [9.17, 15) is 14.0 Å². The molecule has 1 N–H and O–H groups in total. The van der Waals surface area contributed by atoms with Gasteiger partial charge in [-0.05, 0) is 24.3 Å². The summed E-state index contributed by atoms with van der Waals surface area (Å²) in [6, 6.07) is 15.7. The van der Waals surface area contributed by atoms with E-state index in [-0.39, 0.29) is 30.8 Å². The zero-order valence-electron chi connectivity index (χ0n) is 14.9. The van der Waals surface area contributed by atoms with Crippen molar-refractivity contribution in [2.75, 3.05) is 49.6 Å². The summed E-state index contributed by atoms with van der Waals surface area (Å²) in [6.07, 6.45) is 0. The van der Waals surface area contributed by atoms with E-state index in [1.54, 1.807) is 35.2 Å². The van der Waals surface area contributed by atoms with E-state index in [4.69, 9.17) is 4.74 Å². The van der Waals surface area contributed by atoms with Crippen LogP contribution in [0.1, 0.15) is 0 Å². The second-order valence-electron chi connectivity index (χ2n) is 6.23. The maximum atomic E-state index is 13.8. The number of amides is 2. The van der Waals surface area contributed by atoms with Crippen LogP contribution in [-0.2, 0) is 14.3 Å². The summed E-state index contributed by atoms with van der Waals surface area (Å²) < 4.78 is 19.1. The van der Waals surface area contributed by atoms with Crippen molar-refractivity contribution in [3.63, 3.8) is 0 Å². The van der Waals surface area contributed by atoms with Crippen molar-refractivity contribution < 1.29 is 18.7 Å². The molecule has 6 nitrogen and oxygen atoms in total. The Bertz CT molecular complexity index is 777. The molecule has 0 aliphatic carbocycles. The van der Waals surface area contributed by atoms with E-state index < -0.39 is 0 Å². The van der Waals surface area contributed by atoms with Crippen LogP contribution in [0.15, 0.2) is 54.6 Å². The first-order valence-corrected chi connectivity index (χ1v) is 8.83. The molecule has 1 saturated heterocycles. The van der Waals surface area contributed by atoms with Crippen LogP contribution < -0.4 is 10.2 Å². The Hall–Kier alpha value is -2.93. The number of carbonyl (C=O) groups is 2. The molecule has 2 aromatic rings. The molecular formula is C20H22FN3O3. The van der Waals surface area contributed by atoms with Crippen LogP contribution in [0.25, 0.3) is 0 Å². The zero-order valence-corrected chi connectivity index (χ0v) is 14.9. The van der Waals surface area contributed by atoms with Gasteiger partial charge in [0, 0.05) is 31.9 Å². The van der Waals surface area contributed by atoms with Gasteiger partial charge in [-0.1, -0.05) is 30.3 Å². The first kappa shape index (κ1) is 18.8. The SMILES string of the molecule is O=C(COCC(=O)N1CCN(c2ccccc2F)CC1)Nc1ccccc1. The lowest BCUT2D eigenvalue weighted by atomic mass is 10.2. The van der Waals surface area contributed by atoms with Crippen molar-refractivity contribution in [3.05, 3.63) is 60.4 Å². The second-order valence-corrected chi connectivity index (χ2v) is 6.23. The normalized spacial score (nSPS) is 14.1. The molecule has 0 bridgehead atoms. The fourth-order valence-electron chi connectivity index (χ4n) is 2.95. The highest BCUT2D eigenvalue weighted by Crippen LogP contribution is 2.20. The summed E-state index contributed by atoms with van der Waals surface area (Å²) in [5.41, 5.74) is 1.24. The summed E-state index contributed by atoms with van der Waals surface area (Å²) >= 11 is 0. The number of anilines is 2. The van der Waals surface area contributed by atoms with Crippen molar-refractivity contribution in [3.8, 4) is 0 Å². The monoisotopic (exact) mass is 371 g/mol. The molecule has 3 rings (SSSR count). The predicted octanol–water partition coefficient (Wildman–Crippen LogP) is 2.13. The van der Waals surface area contributed by atoms with Gasteiger partial charge in [-0.2, -0.15) is 0 Å².